The third-order valence-electron chi connectivity index (χ3n) is 5.38. The fraction of sp³-hybridized carbons (Fsp3) is 0.522. The number of benzene rings is 1. The molecule has 1 heterocycles. The van der Waals surface area contributed by atoms with Gasteiger partial charge in [-0.15, -0.1) is 0 Å². The summed E-state index contributed by atoms with van der Waals surface area (Å²) in [5.74, 6) is 0.873. The van der Waals surface area contributed by atoms with E-state index in [1.54, 1.807) is 0 Å². The van der Waals surface area contributed by atoms with Gasteiger partial charge in [0.15, 0.2) is 0 Å². The highest BCUT2D eigenvalue weighted by atomic mass is 14.7. The lowest BCUT2D eigenvalue weighted by molar-refractivity contribution is 0.418. The Hall–Kier alpha value is -1.63. The van der Waals surface area contributed by atoms with E-state index in [2.05, 4.69) is 50.2 Å². The molecule has 0 aliphatic heterocycles. The molecule has 0 fully saturated rings. The highest BCUT2D eigenvalue weighted by molar-refractivity contribution is 5.60. The summed E-state index contributed by atoms with van der Waals surface area (Å²) >= 11 is 0. The molecule has 0 saturated heterocycles. The van der Waals surface area contributed by atoms with Gasteiger partial charge in [-0.25, -0.2) is 0 Å². The lowest BCUT2D eigenvalue weighted by Gasteiger charge is -2.24. The largest absolute Gasteiger partial charge is 0.253 e. The van der Waals surface area contributed by atoms with E-state index in [0.29, 0.717) is 0 Å². The van der Waals surface area contributed by atoms with Gasteiger partial charge in [0.05, 0.1) is 5.69 Å². The number of hydrogen-bond donors (Lipinski definition) is 0. The minimum Gasteiger partial charge on any atom is -0.253 e. The van der Waals surface area contributed by atoms with Crippen LogP contribution in [0.3, 0.4) is 0 Å². The Morgan fingerprint density at radius 2 is 1.79 bits per heavy atom. The molecule has 0 amide bonds. The summed E-state index contributed by atoms with van der Waals surface area (Å²) in [4.78, 5) is 4.98. The molecule has 128 valence electrons. The number of aromatic nitrogens is 1. The van der Waals surface area contributed by atoms with E-state index in [9.17, 15) is 0 Å². The number of rotatable bonds is 7. The maximum absolute atomic E-state index is 4.98. The van der Waals surface area contributed by atoms with Gasteiger partial charge in [0.25, 0.3) is 0 Å². The molecule has 0 unspecified atom stereocenters. The van der Waals surface area contributed by atoms with Crippen molar-refractivity contribution in [2.24, 2.45) is 5.92 Å². The molecule has 1 aromatic heterocycles. The van der Waals surface area contributed by atoms with Crippen molar-refractivity contribution in [1.82, 2.24) is 4.98 Å². The first-order valence-corrected chi connectivity index (χ1v) is 9.88. The van der Waals surface area contributed by atoms with E-state index in [1.807, 2.05) is 0 Å². The van der Waals surface area contributed by atoms with Crippen LogP contribution in [-0.4, -0.2) is 4.98 Å². The minimum absolute atomic E-state index is 0.873. The van der Waals surface area contributed by atoms with Crippen molar-refractivity contribution in [3.8, 4) is 11.3 Å². The predicted molar refractivity (Wildman–Crippen MR) is 103 cm³/mol. The van der Waals surface area contributed by atoms with Crippen molar-refractivity contribution in [3.05, 3.63) is 53.2 Å². The highest BCUT2D eigenvalue weighted by Gasteiger charge is 2.19. The van der Waals surface area contributed by atoms with Crippen LogP contribution in [0.5, 0.6) is 0 Å². The molecule has 1 heteroatoms. The van der Waals surface area contributed by atoms with Crippen molar-refractivity contribution in [3.63, 3.8) is 0 Å². The summed E-state index contributed by atoms with van der Waals surface area (Å²) in [6.07, 6.45) is 11.5. The van der Waals surface area contributed by atoms with Gasteiger partial charge < -0.3 is 0 Å². The Morgan fingerprint density at radius 1 is 0.958 bits per heavy atom. The first-order valence-electron chi connectivity index (χ1n) is 9.88. The van der Waals surface area contributed by atoms with Crippen LogP contribution < -0.4 is 0 Å². The molecule has 0 spiro atoms. The Kier molecular flexibility index (Phi) is 6.07. The molecule has 1 aliphatic rings. The molecule has 2 aromatic rings. The molecular weight excluding hydrogens is 290 g/mol. The second kappa shape index (κ2) is 8.46. The average molecular weight is 322 g/mol. The van der Waals surface area contributed by atoms with Crippen molar-refractivity contribution >= 4 is 0 Å². The monoisotopic (exact) mass is 321 g/mol. The van der Waals surface area contributed by atoms with Gasteiger partial charge in [-0.3, -0.25) is 4.98 Å². The topological polar surface area (TPSA) is 12.9 Å². The standard InChI is InChI=1S/C23H31N/c1-3-5-6-8-18-9-12-20(13-10-18)22-16-14-21-17-19(7-4-2)11-15-23(21)24-22/h9-10,12-14,16,19H,3-8,11,15,17H2,1-2H3/t19-/m0/s1. The lowest BCUT2D eigenvalue weighted by Crippen LogP contribution is -2.15. The summed E-state index contributed by atoms with van der Waals surface area (Å²) in [7, 11) is 0. The van der Waals surface area contributed by atoms with E-state index in [-0.39, 0.29) is 0 Å². The number of aryl methyl sites for hydroxylation is 2. The first-order chi connectivity index (χ1) is 11.8. The third kappa shape index (κ3) is 4.26. The van der Waals surface area contributed by atoms with Gasteiger partial charge in [0.2, 0.25) is 0 Å². The molecule has 0 N–H and O–H groups in total. The van der Waals surface area contributed by atoms with Crippen LogP contribution >= 0.6 is 0 Å². The summed E-state index contributed by atoms with van der Waals surface area (Å²) < 4.78 is 0. The van der Waals surface area contributed by atoms with E-state index in [1.165, 1.54) is 73.8 Å². The summed E-state index contributed by atoms with van der Waals surface area (Å²) in [6, 6.07) is 13.6. The van der Waals surface area contributed by atoms with Crippen molar-refractivity contribution in [2.75, 3.05) is 0 Å². The second-order valence-electron chi connectivity index (χ2n) is 7.35. The number of hydrogen-bond acceptors (Lipinski definition) is 1. The van der Waals surface area contributed by atoms with Crippen LogP contribution in [0.15, 0.2) is 36.4 Å². The molecular formula is C23H31N. The number of unbranched alkanes of at least 4 members (excludes halogenated alkanes) is 2. The maximum Gasteiger partial charge on any atom is 0.0705 e. The lowest BCUT2D eigenvalue weighted by atomic mass is 9.84. The van der Waals surface area contributed by atoms with Crippen LogP contribution in [0.1, 0.15) is 69.2 Å². The number of pyridine rings is 1. The van der Waals surface area contributed by atoms with E-state index in [4.69, 9.17) is 4.98 Å². The average Bonchev–Trinajstić information content (AvgIpc) is 2.62. The van der Waals surface area contributed by atoms with Crippen molar-refractivity contribution < 1.29 is 0 Å². The summed E-state index contributed by atoms with van der Waals surface area (Å²) in [6.45, 7) is 4.55. The van der Waals surface area contributed by atoms with Crippen LogP contribution in [0.25, 0.3) is 11.3 Å². The molecule has 0 bridgehead atoms. The molecule has 1 aromatic carbocycles. The van der Waals surface area contributed by atoms with Crippen LogP contribution in [0.4, 0.5) is 0 Å². The Morgan fingerprint density at radius 3 is 2.54 bits per heavy atom. The number of nitrogens with zero attached hydrogens (tertiary/aromatic N) is 1. The molecule has 0 saturated carbocycles. The molecule has 0 radical (unpaired) electrons. The molecule has 1 atom stereocenters. The molecule has 1 aliphatic carbocycles. The second-order valence-corrected chi connectivity index (χ2v) is 7.35. The minimum atomic E-state index is 0.873. The zero-order valence-corrected chi connectivity index (χ0v) is 15.4. The van der Waals surface area contributed by atoms with Gasteiger partial charge in [-0.05, 0) is 55.2 Å². The van der Waals surface area contributed by atoms with E-state index in [0.717, 1.165) is 18.0 Å². The molecule has 24 heavy (non-hydrogen) atoms. The zero-order chi connectivity index (χ0) is 16.8. The van der Waals surface area contributed by atoms with Crippen LogP contribution in [0.2, 0.25) is 0 Å². The van der Waals surface area contributed by atoms with Gasteiger partial charge in [-0.1, -0.05) is 69.9 Å². The van der Waals surface area contributed by atoms with Gasteiger partial charge >= 0.3 is 0 Å². The normalized spacial score (nSPS) is 16.8. The third-order valence-corrected chi connectivity index (χ3v) is 5.38. The fourth-order valence-electron chi connectivity index (χ4n) is 3.92. The first kappa shape index (κ1) is 17.2. The zero-order valence-electron chi connectivity index (χ0n) is 15.4. The SMILES string of the molecule is CCCCCc1ccc(-c2ccc3c(n2)CC[C@H](CCC)C3)cc1. The fourth-order valence-corrected chi connectivity index (χ4v) is 3.92. The molecule has 3 rings (SSSR count). The summed E-state index contributed by atoms with van der Waals surface area (Å²) in [5, 5.41) is 0. The van der Waals surface area contributed by atoms with E-state index < -0.39 is 0 Å². The van der Waals surface area contributed by atoms with Crippen molar-refractivity contribution in [2.45, 2.75) is 71.6 Å². The van der Waals surface area contributed by atoms with Gasteiger partial charge in [0, 0.05) is 11.3 Å². The predicted octanol–water partition coefficient (Wildman–Crippen LogP) is 6.39. The van der Waals surface area contributed by atoms with Gasteiger partial charge in [-0.2, -0.15) is 0 Å². The molecule has 1 nitrogen and oxygen atoms in total. The highest BCUT2D eigenvalue weighted by Crippen LogP contribution is 2.29. The van der Waals surface area contributed by atoms with Crippen LogP contribution in [-0.2, 0) is 19.3 Å². The quantitative estimate of drug-likeness (QED) is 0.539. The number of fused-ring (bicyclic) bond motifs is 1. The Balaban J connectivity index is 1.69. The maximum atomic E-state index is 4.98. The summed E-state index contributed by atoms with van der Waals surface area (Å²) in [5.41, 5.74) is 6.68. The smallest absolute Gasteiger partial charge is 0.0705 e. The Labute approximate surface area is 147 Å². The van der Waals surface area contributed by atoms with Crippen LogP contribution in [0, 0.1) is 5.92 Å². The Bertz CT molecular complexity index is 642. The van der Waals surface area contributed by atoms with E-state index >= 15 is 0 Å². The van der Waals surface area contributed by atoms with Gasteiger partial charge in [0.1, 0.15) is 0 Å². The van der Waals surface area contributed by atoms with Crippen molar-refractivity contribution in [1.29, 1.82) is 0 Å².